The minimum atomic E-state index is 0.131. The van der Waals surface area contributed by atoms with Crippen LogP contribution in [0.25, 0.3) is 0 Å². The minimum Gasteiger partial charge on any atom is -0.497 e. The Morgan fingerprint density at radius 2 is 1.58 bits per heavy atom. The second-order valence-corrected chi connectivity index (χ2v) is 5.90. The van der Waals surface area contributed by atoms with Crippen LogP contribution in [-0.2, 0) is 0 Å². The van der Waals surface area contributed by atoms with Gasteiger partial charge in [0.2, 0.25) is 0 Å². The van der Waals surface area contributed by atoms with E-state index in [-0.39, 0.29) is 11.5 Å². The Labute approximate surface area is 117 Å². The van der Waals surface area contributed by atoms with Crippen LogP contribution in [0, 0.1) is 5.41 Å². The van der Waals surface area contributed by atoms with Crippen LogP contribution < -0.4 is 14.8 Å². The maximum Gasteiger partial charge on any atom is 0.122 e. The van der Waals surface area contributed by atoms with Gasteiger partial charge in [-0.05, 0) is 36.1 Å². The molecule has 0 spiro atoms. The van der Waals surface area contributed by atoms with Crippen molar-refractivity contribution in [3.8, 4) is 11.5 Å². The van der Waals surface area contributed by atoms with E-state index < -0.39 is 0 Å². The van der Waals surface area contributed by atoms with Crippen LogP contribution in [0.2, 0.25) is 0 Å². The number of methoxy groups -OCH3 is 2. The lowest BCUT2D eigenvalue weighted by molar-refractivity contribution is 0.271. The summed E-state index contributed by atoms with van der Waals surface area (Å²) < 4.78 is 10.7. The molecule has 1 unspecified atom stereocenters. The Kier molecular flexibility index (Phi) is 5.67. The molecule has 0 heterocycles. The first-order valence-electron chi connectivity index (χ1n) is 6.88. The van der Waals surface area contributed by atoms with Gasteiger partial charge in [0.1, 0.15) is 11.5 Å². The summed E-state index contributed by atoms with van der Waals surface area (Å²) in [5.74, 6) is 1.67. The molecule has 1 aromatic carbocycles. The van der Waals surface area contributed by atoms with Gasteiger partial charge in [-0.25, -0.2) is 0 Å². The predicted octanol–water partition coefficient (Wildman–Crippen LogP) is 3.79. The van der Waals surface area contributed by atoms with Crippen molar-refractivity contribution in [2.75, 3.05) is 20.8 Å². The zero-order valence-corrected chi connectivity index (χ0v) is 13.0. The van der Waals surface area contributed by atoms with Gasteiger partial charge in [-0.3, -0.25) is 0 Å². The average Bonchev–Trinajstić information content (AvgIpc) is 2.37. The molecule has 0 aliphatic heterocycles. The maximum absolute atomic E-state index is 5.36. The normalized spacial score (nSPS) is 13.2. The van der Waals surface area contributed by atoms with E-state index in [1.54, 1.807) is 14.2 Å². The number of hydrogen-bond acceptors (Lipinski definition) is 3. The van der Waals surface area contributed by atoms with E-state index in [1.165, 1.54) is 5.56 Å². The third-order valence-corrected chi connectivity index (χ3v) is 3.17. The molecule has 108 valence electrons. The molecule has 1 N–H and O–H groups in total. The van der Waals surface area contributed by atoms with E-state index in [2.05, 4.69) is 45.1 Å². The Hall–Kier alpha value is -1.22. The molecule has 1 aromatic rings. The highest BCUT2D eigenvalue weighted by Gasteiger charge is 2.26. The van der Waals surface area contributed by atoms with E-state index >= 15 is 0 Å². The van der Waals surface area contributed by atoms with Crippen LogP contribution in [0.4, 0.5) is 0 Å². The van der Waals surface area contributed by atoms with Crippen molar-refractivity contribution in [2.24, 2.45) is 5.41 Å². The smallest absolute Gasteiger partial charge is 0.122 e. The second kappa shape index (κ2) is 6.80. The number of nitrogens with one attached hydrogen (secondary N) is 1. The van der Waals surface area contributed by atoms with Gasteiger partial charge in [-0.15, -0.1) is 0 Å². The molecule has 3 heteroatoms. The van der Waals surface area contributed by atoms with Gasteiger partial charge in [0.25, 0.3) is 0 Å². The summed E-state index contributed by atoms with van der Waals surface area (Å²) in [6, 6.07) is 6.35. The van der Waals surface area contributed by atoms with Crippen molar-refractivity contribution in [3.05, 3.63) is 23.8 Å². The van der Waals surface area contributed by atoms with Gasteiger partial charge in [-0.2, -0.15) is 0 Å². The third-order valence-electron chi connectivity index (χ3n) is 3.17. The van der Waals surface area contributed by atoms with Crippen molar-refractivity contribution in [1.82, 2.24) is 5.32 Å². The van der Waals surface area contributed by atoms with Crippen molar-refractivity contribution < 1.29 is 9.47 Å². The summed E-state index contributed by atoms with van der Waals surface area (Å²) in [6.07, 6.45) is 1.12. The molecule has 0 saturated heterocycles. The summed E-state index contributed by atoms with van der Waals surface area (Å²) in [5, 5.41) is 3.62. The minimum absolute atomic E-state index is 0.131. The molecule has 0 amide bonds. The lowest BCUT2D eigenvalue weighted by atomic mass is 9.82. The van der Waals surface area contributed by atoms with Crippen molar-refractivity contribution >= 4 is 0 Å². The maximum atomic E-state index is 5.36. The lowest BCUT2D eigenvalue weighted by Crippen LogP contribution is -2.32. The molecule has 0 aromatic heterocycles. The molecule has 1 atom stereocenters. The molecule has 1 rings (SSSR count). The SMILES string of the molecule is CCCNC(c1cc(OC)cc(OC)c1)C(C)(C)C. The quantitative estimate of drug-likeness (QED) is 0.849. The second-order valence-electron chi connectivity index (χ2n) is 5.90. The zero-order valence-electron chi connectivity index (χ0n) is 13.0. The number of ether oxygens (including phenoxy) is 2. The molecule has 19 heavy (non-hydrogen) atoms. The van der Waals surface area contributed by atoms with Crippen LogP contribution in [0.5, 0.6) is 11.5 Å². The number of hydrogen-bond donors (Lipinski definition) is 1. The highest BCUT2D eigenvalue weighted by atomic mass is 16.5. The fourth-order valence-corrected chi connectivity index (χ4v) is 2.21. The summed E-state index contributed by atoms with van der Waals surface area (Å²) >= 11 is 0. The first-order chi connectivity index (χ1) is 8.92. The van der Waals surface area contributed by atoms with Gasteiger partial charge in [0.15, 0.2) is 0 Å². The molecular weight excluding hydrogens is 238 g/mol. The fourth-order valence-electron chi connectivity index (χ4n) is 2.21. The Morgan fingerprint density at radius 1 is 1.05 bits per heavy atom. The van der Waals surface area contributed by atoms with E-state index in [0.717, 1.165) is 24.5 Å². The molecular formula is C16H27NO2. The van der Waals surface area contributed by atoms with E-state index in [4.69, 9.17) is 9.47 Å². The van der Waals surface area contributed by atoms with E-state index in [0.29, 0.717) is 0 Å². The van der Waals surface area contributed by atoms with Crippen LogP contribution in [0.15, 0.2) is 18.2 Å². The zero-order chi connectivity index (χ0) is 14.5. The van der Waals surface area contributed by atoms with Crippen LogP contribution >= 0.6 is 0 Å². The van der Waals surface area contributed by atoms with E-state index in [9.17, 15) is 0 Å². The molecule has 0 fully saturated rings. The summed E-state index contributed by atoms with van der Waals surface area (Å²) in [5.41, 5.74) is 1.34. The van der Waals surface area contributed by atoms with Crippen LogP contribution in [-0.4, -0.2) is 20.8 Å². The molecule has 0 aliphatic rings. The fraction of sp³-hybridized carbons (Fsp3) is 0.625. The highest BCUT2D eigenvalue weighted by molar-refractivity contribution is 5.40. The monoisotopic (exact) mass is 265 g/mol. The Balaban J connectivity index is 3.13. The third kappa shape index (κ3) is 4.43. The predicted molar refractivity (Wildman–Crippen MR) is 80.0 cm³/mol. The van der Waals surface area contributed by atoms with E-state index in [1.807, 2.05) is 6.07 Å². The van der Waals surface area contributed by atoms with Gasteiger partial charge in [0, 0.05) is 12.1 Å². The van der Waals surface area contributed by atoms with Crippen molar-refractivity contribution in [1.29, 1.82) is 0 Å². The largest absolute Gasteiger partial charge is 0.497 e. The lowest BCUT2D eigenvalue weighted by Gasteiger charge is -2.32. The van der Waals surface area contributed by atoms with Crippen LogP contribution in [0.1, 0.15) is 45.7 Å². The highest BCUT2D eigenvalue weighted by Crippen LogP contribution is 2.36. The molecule has 0 saturated carbocycles. The molecule has 0 radical (unpaired) electrons. The topological polar surface area (TPSA) is 30.5 Å². The first kappa shape index (κ1) is 15.8. The van der Waals surface area contributed by atoms with Crippen LogP contribution in [0.3, 0.4) is 0 Å². The van der Waals surface area contributed by atoms with Gasteiger partial charge >= 0.3 is 0 Å². The summed E-state index contributed by atoms with van der Waals surface area (Å²) in [4.78, 5) is 0. The molecule has 0 aliphatic carbocycles. The average molecular weight is 265 g/mol. The van der Waals surface area contributed by atoms with Gasteiger partial charge in [0.05, 0.1) is 14.2 Å². The molecule has 3 nitrogen and oxygen atoms in total. The number of rotatable bonds is 6. The first-order valence-corrected chi connectivity index (χ1v) is 6.88. The van der Waals surface area contributed by atoms with Gasteiger partial charge in [-0.1, -0.05) is 27.7 Å². The van der Waals surface area contributed by atoms with Crippen molar-refractivity contribution in [3.63, 3.8) is 0 Å². The van der Waals surface area contributed by atoms with Gasteiger partial charge < -0.3 is 14.8 Å². The van der Waals surface area contributed by atoms with Crippen molar-refractivity contribution in [2.45, 2.75) is 40.2 Å². The standard InChI is InChI=1S/C16H27NO2/c1-7-8-17-15(16(2,3)4)12-9-13(18-5)11-14(10-12)19-6/h9-11,15,17H,7-8H2,1-6H3. The Morgan fingerprint density at radius 3 is 1.95 bits per heavy atom. The summed E-state index contributed by atoms with van der Waals surface area (Å²) in [7, 11) is 3.37. The Bertz CT molecular complexity index is 374. The molecule has 0 bridgehead atoms. The summed E-state index contributed by atoms with van der Waals surface area (Å²) in [6.45, 7) is 9.91. The number of benzene rings is 1.